The molecule has 1 aliphatic heterocycles. The number of benzene rings is 2. The molecule has 1 atom stereocenters. The van der Waals surface area contributed by atoms with Gasteiger partial charge in [0.2, 0.25) is 0 Å². The largest absolute Gasteiger partial charge is 0.440 e. The highest BCUT2D eigenvalue weighted by Gasteiger charge is 2.59. The Morgan fingerprint density at radius 2 is 1.50 bits per heavy atom. The van der Waals surface area contributed by atoms with E-state index in [1.165, 1.54) is 12.1 Å². The van der Waals surface area contributed by atoms with Crippen molar-refractivity contribution in [3.63, 3.8) is 0 Å². The zero-order chi connectivity index (χ0) is 22.5. The van der Waals surface area contributed by atoms with E-state index in [2.05, 4.69) is 4.99 Å². The van der Waals surface area contributed by atoms with Crippen LogP contribution in [0.3, 0.4) is 0 Å². The van der Waals surface area contributed by atoms with Gasteiger partial charge >= 0.3 is 12.4 Å². The first-order chi connectivity index (χ1) is 13.6. The first kappa shape index (κ1) is 22.1. The number of β-amino-alcohol motifs (C(OH)–C–C–N with tert-alkyl or cyclic N) is 1. The molecule has 0 aromatic heterocycles. The molecule has 0 amide bonds. The predicted molar refractivity (Wildman–Crippen MR) is 95.9 cm³/mol. The van der Waals surface area contributed by atoms with Crippen LogP contribution in [0.4, 0.5) is 32.0 Å². The van der Waals surface area contributed by atoms with E-state index in [0.29, 0.717) is 12.1 Å². The Bertz CT molecular complexity index is 1080. The van der Waals surface area contributed by atoms with E-state index in [1.54, 1.807) is 0 Å². The first-order valence-corrected chi connectivity index (χ1v) is 10.2. The Labute approximate surface area is 167 Å². The van der Waals surface area contributed by atoms with Crippen molar-refractivity contribution in [3.8, 4) is 0 Å². The number of hydrogen-bond donors (Lipinski definition) is 1. The zero-order valence-corrected chi connectivity index (χ0v) is 16.0. The van der Waals surface area contributed by atoms with Crippen molar-refractivity contribution in [1.82, 2.24) is 0 Å². The van der Waals surface area contributed by atoms with Crippen LogP contribution in [0.2, 0.25) is 0 Å². The Balaban J connectivity index is 2.07. The molecule has 5 nitrogen and oxygen atoms in total. The summed E-state index contributed by atoms with van der Waals surface area (Å²) in [6.45, 7) is -1.08. The van der Waals surface area contributed by atoms with Crippen LogP contribution in [0, 0.1) is 0 Å². The van der Waals surface area contributed by atoms with Crippen molar-refractivity contribution in [2.24, 2.45) is 4.99 Å². The average molecular weight is 452 g/mol. The van der Waals surface area contributed by atoms with Crippen LogP contribution in [0.1, 0.15) is 11.1 Å². The average Bonchev–Trinajstić information content (AvgIpc) is 3.00. The van der Waals surface area contributed by atoms with Crippen molar-refractivity contribution in [2.75, 3.05) is 17.7 Å². The molecule has 0 bridgehead atoms. The summed E-state index contributed by atoms with van der Waals surface area (Å²) < 4.78 is 102. The van der Waals surface area contributed by atoms with Crippen LogP contribution in [-0.2, 0) is 16.0 Å². The lowest BCUT2D eigenvalue weighted by atomic mass is 10.1. The maximum absolute atomic E-state index is 13.4. The number of rotatable bonds is 3. The number of amidine groups is 1. The lowest BCUT2D eigenvalue weighted by Crippen LogP contribution is -2.47. The molecule has 1 aliphatic rings. The van der Waals surface area contributed by atoms with Crippen molar-refractivity contribution >= 4 is 21.4 Å². The second-order valence-corrected chi connectivity index (χ2v) is 8.69. The number of nitrogens with zero attached hydrogens (tertiary/aromatic N) is 2. The summed E-state index contributed by atoms with van der Waals surface area (Å²) in [6.07, 6.45) is -8.83. The summed E-state index contributed by atoms with van der Waals surface area (Å²) in [5.74, 6) is -0.366. The van der Waals surface area contributed by atoms with Crippen molar-refractivity contribution in [1.29, 1.82) is 0 Å². The first-order valence-electron chi connectivity index (χ1n) is 8.26. The second kappa shape index (κ2) is 6.98. The monoisotopic (exact) mass is 452 g/mol. The number of anilines is 1. The van der Waals surface area contributed by atoms with E-state index in [4.69, 9.17) is 0 Å². The lowest BCUT2D eigenvalue weighted by molar-refractivity contribution is -0.249. The van der Waals surface area contributed by atoms with Gasteiger partial charge in [-0.25, -0.2) is 13.4 Å². The van der Waals surface area contributed by atoms with Gasteiger partial charge in [0.25, 0.3) is 5.72 Å². The van der Waals surface area contributed by atoms with Crippen LogP contribution in [0.15, 0.2) is 58.4 Å². The fourth-order valence-electron chi connectivity index (χ4n) is 2.83. The highest BCUT2D eigenvalue weighted by Crippen LogP contribution is 2.39. The SMILES string of the molecule is CS(=O)(=O)c1ccc(C2=NC(O)(C(F)(F)F)CN2c2ccc(C(F)(F)F)cc2)cc1. The summed E-state index contributed by atoms with van der Waals surface area (Å²) in [4.78, 5) is 4.22. The molecule has 1 heterocycles. The van der Waals surface area contributed by atoms with Gasteiger partial charge in [-0.3, -0.25) is 0 Å². The number of aliphatic imine (C=N–C) groups is 1. The molecule has 0 saturated heterocycles. The number of hydrogen-bond acceptors (Lipinski definition) is 5. The number of halogens is 6. The van der Waals surface area contributed by atoms with Gasteiger partial charge in [-0.2, -0.15) is 26.3 Å². The van der Waals surface area contributed by atoms with Crippen LogP contribution in [0.5, 0.6) is 0 Å². The molecule has 3 rings (SSSR count). The van der Waals surface area contributed by atoms with Gasteiger partial charge in [-0.15, -0.1) is 0 Å². The predicted octanol–water partition coefficient (Wildman–Crippen LogP) is 3.63. The molecule has 2 aromatic carbocycles. The normalized spacial score (nSPS) is 20.4. The molecule has 30 heavy (non-hydrogen) atoms. The maximum Gasteiger partial charge on any atom is 0.440 e. The standard InChI is InChI=1S/C18H14F6N2O3S/c1-30(28,29)14-8-2-11(3-9-14)15-25-16(27,18(22,23)24)10-26(15)13-6-4-12(5-7-13)17(19,20)21/h2-9,27H,10H2,1H3. The third-order valence-electron chi connectivity index (χ3n) is 4.43. The summed E-state index contributed by atoms with van der Waals surface area (Å²) in [7, 11) is -3.56. The Kier molecular flexibility index (Phi) is 5.14. The highest BCUT2D eigenvalue weighted by atomic mass is 32.2. The quantitative estimate of drug-likeness (QED) is 0.723. The van der Waals surface area contributed by atoms with Gasteiger partial charge in [-0.05, 0) is 48.5 Å². The summed E-state index contributed by atoms with van der Waals surface area (Å²) in [5, 5.41) is 10.0. The van der Waals surface area contributed by atoms with E-state index in [-0.39, 0.29) is 22.0 Å². The Morgan fingerprint density at radius 3 is 1.93 bits per heavy atom. The van der Waals surface area contributed by atoms with Crippen LogP contribution in [0.25, 0.3) is 0 Å². The molecule has 1 N–H and O–H groups in total. The van der Waals surface area contributed by atoms with Crippen molar-refractivity contribution < 1.29 is 39.9 Å². The third kappa shape index (κ3) is 4.15. The van der Waals surface area contributed by atoms with Crippen LogP contribution in [-0.4, -0.2) is 44.1 Å². The molecule has 162 valence electrons. The second-order valence-electron chi connectivity index (χ2n) is 6.68. The van der Waals surface area contributed by atoms with Crippen LogP contribution >= 0.6 is 0 Å². The minimum absolute atomic E-state index is 0.0440. The minimum atomic E-state index is -5.15. The van der Waals surface area contributed by atoms with Crippen LogP contribution < -0.4 is 4.90 Å². The van der Waals surface area contributed by atoms with Crippen molar-refractivity contribution in [3.05, 3.63) is 59.7 Å². The number of alkyl halides is 6. The fraction of sp³-hybridized carbons (Fsp3) is 0.278. The molecule has 0 aliphatic carbocycles. The number of aliphatic hydroxyl groups is 1. The lowest BCUT2D eigenvalue weighted by Gasteiger charge is -2.26. The summed E-state index contributed by atoms with van der Waals surface area (Å²) >= 11 is 0. The molecular formula is C18H14F6N2O3S. The molecule has 0 fully saturated rings. The molecule has 2 aromatic rings. The fourth-order valence-corrected chi connectivity index (χ4v) is 3.47. The zero-order valence-electron chi connectivity index (χ0n) is 15.2. The van der Waals surface area contributed by atoms with Gasteiger partial charge in [0, 0.05) is 17.5 Å². The van der Waals surface area contributed by atoms with Gasteiger partial charge in [-0.1, -0.05) is 0 Å². The Morgan fingerprint density at radius 1 is 0.967 bits per heavy atom. The third-order valence-corrected chi connectivity index (χ3v) is 5.55. The summed E-state index contributed by atoms with van der Waals surface area (Å²) in [6, 6.07) is 8.04. The van der Waals surface area contributed by atoms with Gasteiger partial charge in [0.1, 0.15) is 5.84 Å². The van der Waals surface area contributed by atoms with E-state index < -0.39 is 40.0 Å². The summed E-state index contributed by atoms with van der Waals surface area (Å²) in [5.41, 5.74) is -4.50. The van der Waals surface area contributed by atoms with E-state index in [1.807, 2.05) is 0 Å². The Hall–Kier alpha value is -2.60. The topological polar surface area (TPSA) is 70.0 Å². The molecule has 12 heteroatoms. The molecule has 0 spiro atoms. The van der Waals surface area contributed by atoms with Gasteiger partial charge in [0.15, 0.2) is 9.84 Å². The molecule has 0 radical (unpaired) electrons. The molecule has 0 saturated carbocycles. The van der Waals surface area contributed by atoms with Gasteiger partial charge < -0.3 is 10.0 Å². The maximum atomic E-state index is 13.4. The van der Waals surface area contributed by atoms with E-state index >= 15 is 0 Å². The minimum Gasteiger partial charge on any atom is -0.361 e. The smallest absolute Gasteiger partial charge is 0.361 e. The van der Waals surface area contributed by atoms with Gasteiger partial charge in [0.05, 0.1) is 17.0 Å². The van der Waals surface area contributed by atoms with E-state index in [0.717, 1.165) is 35.4 Å². The molecular weight excluding hydrogens is 438 g/mol. The van der Waals surface area contributed by atoms with E-state index in [9.17, 15) is 39.9 Å². The highest BCUT2D eigenvalue weighted by molar-refractivity contribution is 7.90. The van der Waals surface area contributed by atoms with Crippen molar-refractivity contribution in [2.45, 2.75) is 23.0 Å². The number of sulfone groups is 1. The molecule has 1 unspecified atom stereocenters.